The molecule has 34 unspecified atom stereocenters. The van der Waals surface area contributed by atoms with Crippen LogP contribution in [0.4, 0.5) is 0 Å². The van der Waals surface area contributed by atoms with Gasteiger partial charge in [-0.1, -0.05) is 41.5 Å². The first kappa shape index (κ1) is 65.4. The van der Waals surface area contributed by atoms with Crippen molar-refractivity contribution in [3.63, 3.8) is 0 Å². The lowest BCUT2D eigenvalue weighted by Crippen LogP contribution is -2.74. The Morgan fingerprint density at radius 1 is 0.447 bits per heavy atom. The molecule has 0 radical (unpaired) electrons. The predicted molar refractivity (Wildman–Crippen MR) is 284 cm³/mol. The molecule has 0 amide bonds. The topological polar surface area (TPSA) is 425 Å². The van der Waals surface area contributed by atoms with Crippen LogP contribution in [-0.2, 0) is 52.1 Å². The summed E-state index contributed by atoms with van der Waals surface area (Å²) in [5.74, 6) is 0.259. The van der Waals surface area contributed by atoms with E-state index in [1.54, 1.807) is 0 Å². The first-order chi connectivity index (χ1) is 40.0. The van der Waals surface area contributed by atoms with Crippen LogP contribution in [0.15, 0.2) is 0 Å². The minimum absolute atomic E-state index is 0.115. The van der Waals surface area contributed by atoms with E-state index in [4.69, 9.17) is 52.1 Å². The summed E-state index contributed by atoms with van der Waals surface area (Å²) in [6.07, 6.45) is -34.2. The number of aliphatic hydroxyl groups excluding tert-OH is 16. The van der Waals surface area contributed by atoms with E-state index in [9.17, 15) is 81.7 Å². The number of rotatable bonds is 14. The summed E-state index contributed by atoms with van der Waals surface area (Å²) in [5.41, 5.74) is -2.47. The van der Waals surface area contributed by atoms with Crippen LogP contribution < -0.4 is 0 Å². The summed E-state index contributed by atoms with van der Waals surface area (Å²) in [4.78, 5) is 0. The Morgan fingerprint density at radius 3 is 1.68 bits per heavy atom. The first-order valence-corrected chi connectivity index (χ1v) is 30.7. The van der Waals surface area contributed by atoms with Crippen LogP contribution in [0.25, 0.3) is 0 Å². The van der Waals surface area contributed by atoms with E-state index < -0.39 is 198 Å². The van der Waals surface area contributed by atoms with Crippen molar-refractivity contribution < 1.29 is 134 Å². The lowest BCUT2D eigenvalue weighted by Gasteiger charge is -2.75. The van der Waals surface area contributed by atoms with Gasteiger partial charge in [0.1, 0.15) is 110 Å². The van der Waals surface area contributed by atoms with Gasteiger partial charge in [0.05, 0.1) is 64.1 Å². The normalized spacial score (nSPS) is 57.7. The molecule has 490 valence electrons. The van der Waals surface area contributed by atoms with Crippen LogP contribution in [-0.4, -0.2) is 287 Å². The highest BCUT2D eigenvalue weighted by Crippen LogP contribution is 2.80. The third kappa shape index (κ3) is 10.3. The van der Waals surface area contributed by atoms with Crippen LogP contribution in [0.1, 0.15) is 106 Å². The number of ether oxygens (including phenoxy) is 11. The summed E-state index contributed by atoms with van der Waals surface area (Å²) >= 11 is 0. The van der Waals surface area contributed by atoms with Crippen molar-refractivity contribution >= 4 is 0 Å². The molecule has 0 aromatic heterocycles. The molecule has 11 rings (SSSR count). The Labute approximate surface area is 493 Å². The van der Waals surface area contributed by atoms with E-state index in [1.807, 2.05) is 6.92 Å². The number of fused-ring (bicyclic) bond motifs is 4. The standard InChI is InChI=1S/C58H96O27/c1-52(2)13-14-57-23-77-58(31(57)15-52)12-8-30-53(3)10-9-33(54(4,22-62)29(53)7-11-55(30,5)56(58,6)16-32(57)64)82-50-45(85-49-43(74)40(71)44(27(19-61)80-49)83-48-42(73)38(69)35(66)25(17-59)78-48)37(68)28(21-76-50)81-51-46(39(70)36(67)26(18-60)79-51)84-47-41(72)34(65)24(63)20-75-47/h24-51,59-74H,7-23H2,1-6H3. The minimum atomic E-state index is -2.10. The average molecular weight is 1230 g/mol. The SMILES string of the molecule is CC1(C)CCC23COC4(CCC5C6(C)CCC(OC7OCC(OC8OC(CO)C(O)C(O)C8OC8OCC(O)C(O)C8O)C(O)C7OC7OC(CO)C(OC8OC(CO)C(O)C(O)C8O)C(O)C7O)C(C)(CO)C6CCC5(C)C4(C)CC2O)C3C1. The molecular weight excluding hydrogens is 1130 g/mol. The monoisotopic (exact) mass is 1220 g/mol. The zero-order valence-corrected chi connectivity index (χ0v) is 49.3. The first-order valence-electron chi connectivity index (χ1n) is 30.7. The molecular formula is C58H96O27. The maximum Gasteiger partial charge on any atom is 0.187 e. The molecule has 6 aliphatic heterocycles. The van der Waals surface area contributed by atoms with Gasteiger partial charge in [0.15, 0.2) is 31.5 Å². The van der Waals surface area contributed by atoms with E-state index in [0.29, 0.717) is 32.3 Å². The van der Waals surface area contributed by atoms with Gasteiger partial charge in [-0.3, -0.25) is 0 Å². The zero-order chi connectivity index (χ0) is 61.5. The second-order valence-corrected chi connectivity index (χ2v) is 28.8. The lowest BCUT2D eigenvalue weighted by molar-refractivity contribution is -0.398. The summed E-state index contributed by atoms with van der Waals surface area (Å²) in [7, 11) is 0. The molecule has 85 heavy (non-hydrogen) atoms. The summed E-state index contributed by atoms with van der Waals surface area (Å²) < 4.78 is 67.8. The smallest absolute Gasteiger partial charge is 0.187 e. The number of aliphatic hydroxyl groups is 16. The van der Waals surface area contributed by atoms with Crippen LogP contribution in [0.5, 0.6) is 0 Å². The Morgan fingerprint density at radius 2 is 1.01 bits per heavy atom. The average Bonchev–Trinajstić information content (AvgIpc) is 1.64. The van der Waals surface area contributed by atoms with Gasteiger partial charge in [0.25, 0.3) is 0 Å². The molecule has 2 bridgehead atoms. The van der Waals surface area contributed by atoms with E-state index in [2.05, 4.69) is 34.6 Å². The molecule has 27 heteroatoms. The fourth-order valence-electron chi connectivity index (χ4n) is 18.9. The largest absolute Gasteiger partial charge is 0.396 e. The molecule has 34 atom stereocenters. The second kappa shape index (κ2) is 23.8. The molecule has 5 aliphatic carbocycles. The van der Waals surface area contributed by atoms with Crippen molar-refractivity contribution in [1.29, 1.82) is 0 Å². The molecule has 27 nitrogen and oxygen atoms in total. The summed E-state index contributed by atoms with van der Waals surface area (Å²) in [6, 6.07) is 0. The molecule has 6 saturated heterocycles. The van der Waals surface area contributed by atoms with Crippen LogP contribution in [0, 0.1) is 50.2 Å². The van der Waals surface area contributed by atoms with Gasteiger partial charge in [0, 0.05) is 16.2 Å². The van der Waals surface area contributed by atoms with E-state index in [-0.39, 0.29) is 51.4 Å². The molecule has 1 spiro atoms. The zero-order valence-electron chi connectivity index (χ0n) is 49.3. The lowest BCUT2D eigenvalue weighted by atomic mass is 9.30. The maximum atomic E-state index is 12.6. The highest BCUT2D eigenvalue weighted by molar-refractivity contribution is 5.28. The van der Waals surface area contributed by atoms with E-state index in [0.717, 1.165) is 38.5 Å². The quantitative estimate of drug-likeness (QED) is 0.0732. The third-order valence-electron chi connectivity index (χ3n) is 24.1. The number of hydrogen-bond acceptors (Lipinski definition) is 27. The number of hydrogen-bond donors (Lipinski definition) is 16. The maximum absolute atomic E-state index is 12.6. The van der Waals surface area contributed by atoms with Gasteiger partial charge >= 0.3 is 0 Å². The van der Waals surface area contributed by atoms with Crippen molar-refractivity contribution in [3.8, 4) is 0 Å². The van der Waals surface area contributed by atoms with Crippen LogP contribution in [0.2, 0.25) is 0 Å². The molecule has 6 heterocycles. The fourth-order valence-corrected chi connectivity index (χ4v) is 18.9. The van der Waals surface area contributed by atoms with Gasteiger partial charge in [0.2, 0.25) is 0 Å². The molecule has 16 N–H and O–H groups in total. The summed E-state index contributed by atoms with van der Waals surface area (Å²) in [5, 5.41) is 176. The Balaban J connectivity index is 0.866. The molecule has 0 aromatic rings. The molecule has 11 aliphatic rings. The summed E-state index contributed by atoms with van der Waals surface area (Å²) in [6.45, 7) is 10.4. The molecule has 5 saturated carbocycles. The van der Waals surface area contributed by atoms with Crippen LogP contribution >= 0.6 is 0 Å². The molecule has 11 fully saturated rings. The van der Waals surface area contributed by atoms with Gasteiger partial charge in [-0.05, 0) is 98.2 Å². The minimum Gasteiger partial charge on any atom is -0.396 e. The Kier molecular flexibility index (Phi) is 18.3. The van der Waals surface area contributed by atoms with Gasteiger partial charge in [-0.2, -0.15) is 0 Å². The fraction of sp³-hybridized carbons (Fsp3) is 1.00. The highest BCUT2D eigenvalue weighted by atomic mass is 16.8. The highest BCUT2D eigenvalue weighted by Gasteiger charge is 2.80. The van der Waals surface area contributed by atoms with E-state index in [1.165, 1.54) is 0 Å². The Bertz CT molecular complexity index is 2310. The van der Waals surface area contributed by atoms with Gasteiger partial charge in [-0.25, -0.2) is 0 Å². The van der Waals surface area contributed by atoms with Crippen molar-refractivity contribution in [1.82, 2.24) is 0 Å². The Hall–Kier alpha value is -1.08. The van der Waals surface area contributed by atoms with Gasteiger partial charge < -0.3 is 134 Å². The van der Waals surface area contributed by atoms with E-state index >= 15 is 0 Å². The third-order valence-corrected chi connectivity index (χ3v) is 24.1. The van der Waals surface area contributed by atoms with Crippen molar-refractivity contribution in [2.45, 2.75) is 265 Å². The second-order valence-electron chi connectivity index (χ2n) is 28.8. The van der Waals surface area contributed by atoms with Gasteiger partial charge in [-0.15, -0.1) is 0 Å². The molecule has 0 aromatic carbocycles. The van der Waals surface area contributed by atoms with Crippen molar-refractivity contribution in [3.05, 3.63) is 0 Å². The van der Waals surface area contributed by atoms with Crippen LogP contribution in [0.3, 0.4) is 0 Å². The predicted octanol–water partition coefficient (Wildman–Crippen LogP) is -4.28. The van der Waals surface area contributed by atoms with Crippen molar-refractivity contribution in [2.75, 3.05) is 46.2 Å². The van der Waals surface area contributed by atoms with Crippen molar-refractivity contribution in [2.24, 2.45) is 50.2 Å².